The molecule has 3 nitrogen and oxygen atoms in total. The van der Waals surface area contributed by atoms with Crippen molar-refractivity contribution >= 4 is 31.9 Å². The Hall–Kier alpha value is -0.750. The topological polar surface area (TPSA) is 38.9 Å². The second-order valence-corrected chi connectivity index (χ2v) is 4.02. The van der Waals surface area contributed by atoms with Crippen molar-refractivity contribution in [1.82, 2.24) is 10.2 Å². The van der Waals surface area contributed by atoms with E-state index in [-0.39, 0.29) is 16.5 Å². The first-order chi connectivity index (χ1) is 6.66. The normalized spacial score (nSPS) is 10.5. The van der Waals surface area contributed by atoms with Crippen LogP contribution in [0.5, 0.6) is 0 Å². The van der Waals surface area contributed by atoms with Gasteiger partial charge in [0.2, 0.25) is 5.89 Å². The standard InChI is InChI=1S/C8H3Br2FN2O/c9-5-2-1-4(3-6(5)11)7-12-13-8(10)14-7/h1-3H. The molecule has 0 saturated heterocycles. The molecule has 0 aliphatic heterocycles. The van der Waals surface area contributed by atoms with Crippen LogP contribution in [0.4, 0.5) is 4.39 Å². The molecule has 2 aromatic rings. The molecule has 1 aromatic heterocycles. The van der Waals surface area contributed by atoms with Gasteiger partial charge in [-0.05, 0) is 34.1 Å². The van der Waals surface area contributed by atoms with Gasteiger partial charge in [-0.1, -0.05) is 0 Å². The van der Waals surface area contributed by atoms with Gasteiger partial charge in [0, 0.05) is 21.5 Å². The van der Waals surface area contributed by atoms with E-state index in [1.807, 2.05) is 0 Å². The first kappa shape index (κ1) is 9.79. The first-order valence-corrected chi connectivity index (χ1v) is 5.20. The number of aromatic nitrogens is 2. The van der Waals surface area contributed by atoms with E-state index in [0.717, 1.165) is 0 Å². The molecule has 0 aliphatic carbocycles. The van der Waals surface area contributed by atoms with Gasteiger partial charge >= 0.3 is 0 Å². The SMILES string of the molecule is Fc1cc(-c2nnc(Br)o2)ccc1Br. The fourth-order valence-corrected chi connectivity index (χ4v) is 1.43. The van der Waals surface area contributed by atoms with Crippen LogP contribution in [0.25, 0.3) is 11.5 Å². The number of nitrogens with zero attached hydrogens (tertiary/aromatic N) is 2. The zero-order valence-electron chi connectivity index (χ0n) is 6.67. The molecule has 2 rings (SSSR count). The molecular weight excluding hydrogens is 319 g/mol. The van der Waals surface area contributed by atoms with Crippen molar-refractivity contribution in [2.24, 2.45) is 0 Å². The Balaban J connectivity index is 2.47. The summed E-state index contributed by atoms with van der Waals surface area (Å²) >= 11 is 6.08. The molecule has 1 aromatic carbocycles. The van der Waals surface area contributed by atoms with Crippen LogP contribution in [0.1, 0.15) is 0 Å². The molecule has 72 valence electrons. The Morgan fingerprint density at radius 3 is 2.57 bits per heavy atom. The molecule has 0 amide bonds. The molecule has 0 bridgehead atoms. The van der Waals surface area contributed by atoms with Gasteiger partial charge in [0.15, 0.2) is 0 Å². The fourth-order valence-electron chi connectivity index (χ4n) is 0.951. The molecule has 0 fully saturated rings. The monoisotopic (exact) mass is 320 g/mol. The highest BCUT2D eigenvalue weighted by molar-refractivity contribution is 9.10. The number of rotatable bonds is 1. The number of halogens is 3. The smallest absolute Gasteiger partial charge is 0.285 e. The molecule has 14 heavy (non-hydrogen) atoms. The Bertz CT molecular complexity index is 472. The molecule has 0 spiro atoms. The summed E-state index contributed by atoms with van der Waals surface area (Å²) in [6.45, 7) is 0. The Kier molecular flexibility index (Phi) is 2.64. The maximum Gasteiger partial charge on any atom is 0.285 e. The number of hydrogen-bond donors (Lipinski definition) is 0. The van der Waals surface area contributed by atoms with Gasteiger partial charge in [0.1, 0.15) is 5.82 Å². The predicted molar refractivity (Wildman–Crippen MR) is 55.1 cm³/mol. The van der Waals surface area contributed by atoms with Gasteiger partial charge in [0.25, 0.3) is 4.80 Å². The van der Waals surface area contributed by atoms with Gasteiger partial charge in [-0.25, -0.2) is 4.39 Å². The van der Waals surface area contributed by atoms with Crippen molar-refractivity contribution < 1.29 is 8.81 Å². The van der Waals surface area contributed by atoms with E-state index < -0.39 is 0 Å². The van der Waals surface area contributed by atoms with Crippen LogP contribution in [0.2, 0.25) is 0 Å². The van der Waals surface area contributed by atoms with Gasteiger partial charge in [-0.2, -0.15) is 0 Å². The van der Waals surface area contributed by atoms with E-state index in [9.17, 15) is 4.39 Å². The van der Waals surface area contributed by atoms with Crippen molar-refractivity contribution in [3.05, 3.63) is 33.3 Å². The van der Waals surface area contributed by atoms with E-state index in [1.165, 1.54) is 6.07 Å². The third-order valence-electron chi connectivity index (χ3n) is 1.57. The highest BCUT2D eigenvalue weighted by atomic mass is 79.9. The molecule has 0 N–H and O–H groups in total. The zero-order chi connectivity index (χ0) is 10.1. The maximum absolute atomic E-state index is 13.1. The quantitative estimate of drug-likeness (QED) is 0.808. The molecule has 6 heteroatoms. The van der Waals surface area contributed by atoms with Gasteiger partial charge < -0.3 is 4.42 Å². The first-order valence-electron chi connectivity index (χ1n) is 3.61. The van der Waals surface area contributed by atoms with E-state index in [4.69, 9.17) is 4.42 Å². The average Bonchev–Trinajstić information content (AvgIpc) is 2.57. The van der Waals surface area contributed by atoms with Crippen molar-refractivity contribution in [3.8, 4) is 11.5 Å². The largest absolute Gasteiger partial charge is 0.411 e. The van der Waals surface area contributed by atoms with E-state index >= 15 is 0 Å². The summed E-state index contributed by atoms with van der Waals surface area (Å²) < 4.78 is 18.6. The van der Waals surface area contributed by atoms with Crippen LogP contribution in [-0.2, 0) is 0 Å². The Labute approximate surface area is 95.6 Å². The lowest BCUT2D eigenvalue weighted by atomic mass is 10.2. The Morgan fingerprint density at radius 2 is 2.00 bits per heavy atom. The Morgan fingerprint density at radius 1 is 1.21 bits per heavy atom. The highest BCUT2D eigenvalue weighted by Gasteiger charge is 2.08. The third kappa shape index (κ3) is 1.85. The second kappa shape index (κ2) is 3.78. The van der Waals surface area contributed by atoms with Crippen molar-refractivity contribution in [2.45, 2.75) is 0 Å². The molecule has 0 atom stereocenters. The number of benzene rings is 1. The molecule has 1 heterocycles. The molecule has 0 radical (unpaired) electrons. The van der Waals surface area contributed by atoms with Crippen LogP contribution in [0, 0.1) is 5.82 Å². The van der Waals surface area contributed by atoms with Crippen molar-refractivity contribution in [1.29, 1.82) is 0 Å². The van der Waals surface area contributed by atoms with Crippen LogP contribution in [-0.4, -0.2) is 10.2 Å². The van der Waals surface area contributed by atoms with Crippen molar-refractivity contribution in [2.75, 3.05) is 0 Å². The minimum Gasteiger partial charge on any atom is -0.411 e. The summed E-state index contributed by atoms with van der Waals surface area (Å²) in [5.41, 5.74) is 0.545. The molecule has 0 unspecified atom stereocenters. The van der Waals surface area contributed by atoms with Crippen LogP contribution < -0.4 is 0 Å². The summed E-state index contributed by atoms with van der Waals surface area (Å²) in [6.07, 6.45) is 0. The summed E-state index contributed by atoms with van der Waals surface area (Å²) in [6, 6.07) is 4.60. The summed E-state index contributed by atoms with van der Waals surface area (Å²) in [7, 11) is 0. The van der Waals surface area contributed by atoms with E-state index in [0.29, 0.717) is 10.0 Å². The van der Waals surface area contributed by atoms with Gasteiger partial charge in [-0.15, -0.1) is 10.2 Å². The van der Waals surface area contributed by atoms with Gasteiger partial charge in [0.05, 0.1) is 4.47 Å². The zero-order valence-corrected chi connectivity index (χ0v) is 9.84. The summed E-state index contributed by atoms with van der Waals surface area (Å²) in [4.78, 5) is 0.274. The van der Waals surface area contributed by atoms with Crippen molar-refractivity contribution in [3.63, 3.8) is 0 Å². The van der Waals surface area contributed by atoms with Crippen LogP contribution in [0.3, 0.4) is 0 Å². The van der Waals surface area contributed by atoms with Gasteiger partial charge in [-0.3, -0.25) is 0 Å². The lowest BCUT2D eigenvalue weighted by Gasteiger charge is -1.96. The minimum atomic E-state index is -0.364. The maximum atomic E-state index is 13.1. The molecular formula is C8H3Br2FN2O. The second-order valence-electron chi connectivity index (χ2n) is 2.49. The minimum absolute atomic E-state index is 0.274. The number of hydrogen-bond acceptors (Lipinski definition) is 3. The van der Waals surface area contributed by atoms with Crippen LogP contribution >= 0.6 is 31.9 Å². The van der Waals surface area contributed by atoms with Crippen LogP contribution in [0.15, 0.2) is 31.9 Å². The molecule has 0 saturated carbocycles. The average molecular weight is 322 g/mol. The summed E-state index contributed by atoms with van der Waals surface area (Å²) in [5, 5.41) is 7.32. The predicted octanol–water partition coefficient (Wildman–Crippen LogP) is 3.40. The van der Waals surface area contributed by atoms with E-state index in [1.54, 1.807) is 12.1 Å². The highest BCUT2D eigenvalue weighted by Crippen LogP contribution is 2.24. The van der Waals surface area contributed by atoms with E-state index in [2.05, 4.69) is 42.1 Å². The lowest BCUT2D eigenvalue weighted by molar-refractivity contribution is 0.539. The fraction of sp³-hybridized carbons (Fsp3) is 0. The third-order valence-corrected chi connectivity index (χ3v) is 2.53. The lowest BCUT2D eigenvalue weighted by Crippen LogP contribution is -1.81. The molecule has 0 aliphatic rings. The summed E-state index contributed by atoms with van der Waals surface area (Å²) in [5.74, 6) is -0.0832.